The van der Waals surface area contributed by atoms with Crippen molar-refractivity contribution in [2.75, 3.05) is 14.2 Å². The van der Waals surface area contributed by atoms with Gasteiger partial charge in [-0.25, -0.2) is 9.59 Å². The van der Waals surface area contributed by atoms with Gasteiger partial charge in [0.25, 0.3) is 0 Å². The molecule has 0 fully saturated rings. The lowest BCUT2D eigenvalue weighted by atomic mass is 10.0. The summed E-state index contributed by atoms with van der Waals surface area (Å²) in [6.07, 6.45) is 3.80. The quantitative estimate of drug-likeness (QED) is 0.629. The Hall–Kier alpha value is -2.88. The van der Waals surface area contributed by atoms with Gasteiger partial charge in [-0.15, -0.1) is 0 Å². The number of hydrogen-bond donors (Lipinski definition) is 0. The van der Waals surface area contributed by atoms with Crippen LogP contribution in [0.2, 0.25) is 0 Å². The summed E-state index contributed by atoms with van der Waals surface area (Å²) in [5.41, 5.74) is 4.73. The summed E-state index contributed by atoms with van der Waals surface area (Å²) in [4.78, 5) is 23.4. The zero-order valence-electron chi connectivity index (χ0n) is 14.3. The smallest absolute Gasteiger partial charge is 0.337 e. The van der Waals surface area contributed by atoms with Crippen LogP contribution in [0.4, 0.5) is 0 Å². The van der Waals surface area contributed by atoms with Crippen molar-refractivity contribution in [1.29, 1.82) is 0 Å². The molecule has 24 heavy (non-hydrogen) atoms. The molecule has 2 rings (SSSR count). The van der Waals surface area contributed by atoms with Gasteiger partial charge in [0.05, 0.1) is 25.3 Å². The predicted molar refractivity (Wildman–Crippen MR) is 94.0 cm³/mol. The Bertz CT molecular complexity index is 736. The molecular formula is C20H20O4. The summed E-state index contributed by atoms with van der Waals surface area (Å²) in [6, 6.07) is 11.1. The maximum atomic E-state index is 11.7. The van der Waals surface area contributed by atoms with Gasteiger partial charge in [-0.3, -0.25) is 0 Å². The zero-order chi connectivity index (χ0) is 17.7. The lowest BCUT2D eigenvalue weighted by molar-refractivity contribution is 0.0591. The van der Waals surface area contributed by atoms with E-state index in [9.17, 15) is 9.59 Å². The second-order valence-corrected chi connectivity index (χ2v) is 5.58. The minimum Gasteiger partial charge on any atom is -0.465 e. The second-order valence-electron chi connectivity index (χ2n) is 5.58. The SMILES string of the molecule is COC(=O)c1cc(C)cc(C=Cc2cc(C)cc(C(=O)OC)c2)c1. The molecule has 0 bridgehead atoms. The number of methoxy groups -OCH3 is 2. The van der Waals surface area contributed by atoms with Crippen LogP contribution in [0.3, 0.4) is 0 Å². The average Bonchev–Trinajstić information content (AvgIpc) is 2.57. The van der Waals surface area contributed by atoms with Crippen LogP contribution in [0.5, 0.6) is 0 Å². The van der Waals surface area contributed by atoms with Crippen molar-refractivity contribution in [2.45, 2.75) is 13.8 Å². The maximum absolute atomic E-state index is 11.7. The molecule has 0 unspecified atom stereocenters. The van der Waals surface area contributed by atoms with E-state index >= 15 is 0 Å². The summed E-state index contributed by atoms with van der Waals surface area (Å²) in [5, 5.41) is 0. The number of esters is 2. The zero-order valence-corrected chi connectivity index (χ0v) is 14.3. The van der Waals surface area contributed by atoms with Gasteiger partial charge >= 0.3 is 11.9 Å². The van der Waals surface area contributed by atoms with Gasteiger partial charge < -0.3 is 9.47 Å². The van der Waals surface area contributed by atoms with Crippen molar-refractivity contribution in [3.63, 3.8) is 0 Å². The van der Waals surface area contributed by atoms with Crippen LogP contribution >= 0.6 is 0 Å². The minimum atomic E-state index is -0.364. The highest BCUT2D eigenvalue weighted by molar-refractivity contribution is 5.92. The topological polar surface area (TPSA) is 52.6 Å². The lowest BCUT2D eigenvalue weighted by Gasteiger charge is -2.05. The molecule has 124 valence electrons. The van der Waals surface area contributed by atoms with Gasteiger partial charge in [0.1, 0.15) is 0 Å². The normalized spacial score (nSPS) is 10.7. The Morgan fingerprint density at radius 1 is 0.708 bits per heavy atom. The highest BCUT2D eigenvalue weighted by atomic mass is 16.5. The number of rotatable bonds is 4. The highest BCUT2D eigenvalue weighted by Gasteiger charge is 2.08. The number of aryl methyl sites for hydroxylation is 2. The van der Waals surface area contributed by atoms with Crippen LogP contribution in [0.15, 0.2) is 36.4 Å². The van der Waals surface area contributed by atoms with E-state index in [1.54, 1.807) is 24.3 Å². The van der Waals surface area contributed by atoms with E-state index in [0.29, 0.717) is 11.1 Å². The van der Waals surface area contributed by atoms with Crippen LogP contribution in [0.1, 0.15) is 43.0 Å². The molecule has 0 N–H and O–H groups in total. The van der Waals surface area contributed by atoms with E-state index < -0.39 is 0 Å². The number of ether oxygens (including phenoxy) is 2. The first-order valence-corrected chi connectivity index (χ1v) is 7.51. The molecule has 0 spiro atoms. The molecule has 0 radical (unpaired) electrons. The van der Waals surface area contributed by atoms with Crippen LogP contribution in [0.25, 0.3) is 12.2 Å². The van der Waals surface area contributed by atoms with Crippen molar-refractivity contribution < 1.29 is 19.1 Å². The van der Waals surface area contributed by atoms with E-state index in [0.717, 1.165) is 22.3 Å². The molecule has 0 saturated carbocycles. The van der Waals surface area contributed by atoms with Crippen LogP contribution in [-0.2, 0) is 9.47 Å². The summed E-state index contributed by atoms with van der Waals surface area (Å²) in [7, 11) is 2.72. The van der Waals surface area contributed by atoms with Crippen molar-refractivity contribution in [1.82, 2.24) is 0 Å². The largest absolute Gasteiger partial charge is 0.465 e. The molecule has 0 heterocycles. The fraction of sp³-hybridized carbons (Fsp3) is 0.200. The van der Waals surface area contributed by atoms with E-state index in [1.165, 1.54) is 14.2 Å². The molecule has 2 aromatic carbocycles. The third-order valence-corrected chi connectivity index (χ3v) is 3.51. The Balaban J connectivity index is 2.34. The van der Waals surface area contributed by atoms with Crippen molar-refractivity contribution in [3.05, 3.63) is 69.8 Å². The van der Waals surface area contributed by atoms with Gasteiger partial charge in [-0.2, -0.15) is 0 Å². The Morgan fingerprint density at radius 2 is 1.08 bits per heavy atom. The Labute approximate surface area is 141 Å². The third kappa shape index (κ3) is 4.32. The minimum absolute atomic E-state index is 0.364. The molecule has 2 aromatic rings. The molecule has 0 aliphatic heterocycles. The number of hydrogen-bond acceptors (Lipinski definition) is 4. The van der Waals surface area contributed by atoms with Gasteiger partial charge in [0.15, 0.2) is 0 Å². The van der Waals surface area contributed by atoms with E-state index in [-0.39, 0.29) is 11.9 Å². The Kier molecular flexibility index (Phi) is 5.53. The fourth-order valence-corrected chi connectivity index (χ4v) is 2.48. The molecule has 0 aliphatic rings. The lowest BCUT2D eigenvalue weighted by Crippen LogP contribution is -2.02. The highest BCUT2D eigenvalue weighted by Crippen LogP contribution is 2.17. The molecule has 4 heteroatoms. The first-order valence-electron chi connectivity index (χ1n) is 7.51. The predicted octanol–water partition coefficient (Wildman–Crippen LogP) is 4.05. The molecule has 4 nitrogen and oxygen atoms in total. The van der Waals surface area contributed by atoms with Gasteiger partial charge in [0.2, 0.25) is 0 Å². The summed E-state index contributed by atoms with van der Waals surface area (Å²) >= 11 is 0. The molecule has 0 atom stereocenters. The molecule has 0 aromatic heterocycles. The first-order chi connectivity index (χ1) is 11.4. The van der Waals surface area contributed by atoms with Crippen LogP contribution in [0, 0.1) is 13.8 Å². The van der Waals surface area contributed by atoms with Gasteiger partial charge in [-0.1, -0.05) is 24.3 Å². The van der Waals surface area contributed by atoms with Crippen molar-refractivity contribution in [3.8, 4) is 0 Å². The molecule has 0 aliphatic carbocycles. The van der Waals surface area contributed by atoms with Gasteiger partial charge in [0, 0.05) is 0 Å². The first kappa shape index (κ1) is 17.5. The number of carbonyl (C=O) groups excluding carboxylic acids is 2. The summed E-state index contributed by atoms with van der Waals surface area (Å²) in [6.45, 7) is 3.84. The van der Waals surface area contributed by atoms with Crippen LogP contribution < -0.4 is 0 Å². The maximum Gasteiger partial charge on any atom is 0.337 e. The molecule has 0 amide bonds. The fourth-order valence-electron chi connectivity index (χ4n) is 2.48. The number of carbonyl (C=O) groups is 2. The van der Waals surface area contributed by atoms with Crippen LogP contribution in [-0.4, -0.2) is 26.2 Å². The summed E-state index contributed by atoms with van der Waals surface area (Å²) < 4.78 is 9.53. The van der Waals surface area contributed by atoms with Crippen molar-refractivity contribution in [2.24, 2.45) is 0 Å². The van der Waals surface area contributed by atoms with E-state index in [1.807, 2.05) is 38.1 Å². The second kappa shape index (κ2) is 7.59. The van der Waals surface area contributed by atoms with E-state index in [4.69, 9.17) is 9.47 Å². The third-order valence-electron chi connectivity index (χ3n) is 3.51. The summed E-state index contributed by atoms with van der Waals surface area (Å²) in [5.74, 6) is -0.728. The van der Waals surface area contributed by atoms with Crippen molar-refractivity contribution >= 4 is 24.1 Å². The average molecular weight is 324 g/mol. The van der Waals surface area contributed by atoms with Gasteiger partial charge in [-0.05, 0) is 60.4 Å². The molecular weight excluding hydrogens is 304 g/mol. The van der Waals surface area contributed by atoms with E-state index in [2.05, 4.69) is 0 Å². The standard InChI is InChI=1S/C20H20O4/c1-13-7-15(11-17(9-13)19(21)23-3)5-6-16-8-14(2)10-18(12-16)20(22)24-4/h5-12H,1-4H3. The monoisotopic (exact) mass is 324 g/mol. The Morgan fingerprint density at radius 3 is 1.42 bits per heavy atom. The number of benzene rings is 2. The molecule has 0 saturated heterocycles.